The number of aryl methyl sites for hydroxylation is 1. The summed E-state index contributed by atoms with van der Waals surface area (Å²) in [7, 11) is 1.37. The van der Waals surface area contributed by atoms with Gasteiger partial charge in [-0.3, -0.25) is 0 Å². The molecule has 0 fully saturated rings. The van der Waals surface area contributed by atoms with E-state index in [2.05, 4.69) is 42.0 Å². The van der Waals surface area contributed by atoms with Gasteiger partial charge >= 0.3 is 5.97 Å². The number of aromatic nitrogens is 3. The third-order valence-corrected chi connectivity index (χ3v) is 5.32. The molecule has 33 heavy (non-hydrogen) atoms. The van der Waals surface area contributed by atoms with Gasteiger partial charge in [-0.2, -0.15) is 5.10 Å². The summed E-state index contributed by atoms with van der Waals surface area (Å²) < 4.78 is 12.3. The molecule has 6 heteroatoms. The SMILES string of the molecule is C=C/C=C(\C=C/C)c1ccc(Cn2nc(C)c3c(C(=O)OC)cc(-c4ccco4)nc32)cc1. The van der Waals surface area contributed by atoms with Crippen LogP contribution in [-0.4, -0.2) is 27.8 Å². The van der Waals surface area contributed by atoms with Crippen molar-refractivity contribution in [3.8, 4) is 11.5 Å². The lowest BCUT2D eigenvalue weighted by molar-refractivity contribution is 0.0603. The number of hydrogen-bond acceptors (Lipinski definition) is 5. The summed E-state index contributed by atoms with van der Waals surface area (Å²) in [5, 5.41) is 5.36. The zero-order valence-electron chi connectivity index (χ0n) is 18.9. The zero-order chi connectivity index (χ0) is 23.4. The molecule has 0 amide bonds. The van der Waals surface area contributed by atoms with Gasteiger partial charge in [-0.25, -0.2) is 14.5 Å². The van der Waals surface area contributed by atoms with Gasteiger partial charge in [0.25, 0.3) is 0 Å². The molecule has 0 N–H and O–H groups in total. The average molecular weight is 440 g/mol. The summed E-state index contributed by atoms with van der Waals surface area (Å²) in [4.78, 5) is 17.3. The van der Waals surface area contributed by atoms with Crippen molar-refractivity contribution in [2.75, 3.05) is 7.11 Å². The number of allylic oxidation sites excluding steroid dienone is 5. The van der Waals surface area contributed by atoms with Crippen LogP contribution in [0.15, 0.2) is 84.0 Å². The van der Waals surface area contributed by atoms with E-state index < -0.39 is 5.97 Å². The number of ether oxygens (including phenoxy) is 1. The first-order valence-electron chi connectivity index (χ1n) is 10.6. The first kappa shape index (κ1) is 22.0. The molecule has 0 radical (unpaired) electrons. The molecular formula is C27H25N3O3. The van der Waals surface area contributed by atoms with Crippen molar-refractivity contribution >= 4 is 22.6 Å². The topological polar surface area (TPSA) is 70.2 Å². The Morgan fingerprint density at radius 2 is 2.03 bits per heavy atom. The van der Waals surface area contributed by atoms with E-state index in [0.717, 1.165) is 16.7 Å². The standard InChI is InChI=1S/C27H25N3O3/c1-5-8-20(9-6-2)21-13-11-19(12-14-21)17-30-26-25(18(3)29-30)22(27(31)32-4)16-23(28-26)24-10-7-15-33-24/h5-16H,1,17H2,2-4H3/b9-6-,20-8+. The van der Waals surface area contributed by atoms with Gasteiger partial charge in [0.2, 0.25) is 0 Å². The molecule has 166 valence electrons. The molecule has 0 aliphatic rings. The van der Waals surface area contributed by atoms with Crippen LogP contribution in [0.5, 0.6) is 0 Å². The average Bonchev–Trinajstić information content (AvgIpc) is 3.47. The molecule has 3 heterocycles. The predicted octanol–water partition coefficient (Wildman–Crippen LogP) is 5.98. The van der Waals surface area contributed by atoms with Crippen LogP contribution < -0.4 is 0 Å². The second kappa shape index (κ2) is 9.53. The number of esters is 1. The van der Waals surface area contributed by atoms with Crippen LogP contribution in [0.2, 0.25) is 0 Å². The normalized spacial score (nSPS) is 11.9. The lowest BCUT2D eigenvalue weighted by atomic mass is 10.0. The number of pyridine rings is 1. The van der Waals surface area contributed by atoms with Gasteiger partial charge in [0.05, 0.1) is 36.6 Å². The van der Waals surface area contributed by atoms with E-state index in [-0.39, 0.29) is 0 Å². The second-order valence-electron chi connectivity index (χ2n) is 7.52. The molecule has 0 saturated carbocycles. The molecule has 3 aromatic heterocycles. The minimum Gasteiger partial charge on any atom is -0.465 e. The molecule has 0 spiro atoms. The van der Waals surface area contributed by atoms with Crippen LogP contribution in [0.4, 0.5) is 0 Å². The molecule has 6 nitrogen and oxygen atoms in total. The van der Waals surface area contributed by atoms with Gasteiger partial charge in [0.15, 0.2) is 11.4 Å². The number of fused-ring (bicyclic) bond motifs is 1. The van der Waals surface area contributed by atoms with Crippen molar-refractivity contribution in [2.45, 2.75) is 20.4 Å². The number of carbonyl (C=O) groups is 1. The monoisotopic (exact) mass is 439 g/mol. The summed E-state index contributed by atoms with van der Waals surface area (Å²) in [5.74, 6) is 0.134. The van der Waals surface area contributed by atoms with E-state index in [0.29, 0.717) is 40.3 Å². The van der Waals surface area contributed by atoms with Gasteiger partial charge in [0.1, 0.15) is 5.69 Å². The van der Waals surface area contributed by atoms with Crippen molar-refractivity contribution in [1.82, 2.24) is 14.8 Å². The fraction of sp³-hybridized carbons (Fsp3) is 0.148. The molecule has 4 rings (SSSR count). The Morgan fingerprint density at radius 1 is 1.24 bits per heavy atom. The number of carbonyl (C=O) groups excluding carboxylic acids is 1. The molecule has 0 atom stereocenters. The highest BCUT2D eigenvalue weighted by Crippen LogP contribution is 2.28. The fourth-order valence-corrected chi connectivity index (χ4v) is 3.82. The zero-order valence-corrected chi connectivity index (χ0v) is 18.9. The maximum Gasteiger partial charge on any atom is 0.338 e. The van der Waals surface area contributed by atoms with E-state index in [9.17, 15) is 4.79 Å². The van der Waals surface area contributed by atoms with Gasteiger partial charge in [-0.05, 0) is 48.7 Å². The van der Waals surface area contributed by atoms with Crippen molar-refractivity contribution in [2.24, 2.45) is 0 Å². The highest BCUT2D eigenvalue weighted by molar-refractivity contribution is 6.04. The van der Waals surface area contributed by atoms with Gasteiger partial charge in [-0.15, -0.1) is 0 Å². The fourth-order valence-electron chi connectivity index (χ4n) is 3.82. The van der Waals surface area contributed by atoms with Crippen LogP contribution in [0.1, 0.15) is 34.1 Å². The summed E-state index contributed by atoms with van der Waals surface area (Å²) >= 11 is 0. The summed E-state index contributed by atoms with van der Waals surface area (Å²) in [6.07, 6.45) is 9.39. The molecular weight excluding hydrogens is 414 g/mol. The Morgan fingerprint density at radius 3 is 2.67 bits per heavy atom. The van der Waals surface area contributed by atoms with Crippen molar-refractivity contribution < 1.29 is 13.9 Å². The minimum atomic E-state index is -0.437. The Bertz CT molecular complexity index is 1360. The maximum absolute atomic E-state index is 12.5. The van der Waals surface area contributed by atoms with Gasteiger partial charge < -0.3 is 9.15 Å². The number of hydrogen-bond donors (Lipinski definition) is 0. The molecule has 0 aliphatic heterocycles. The lowest BCUT2D eigenvalue weighted by Crippen LogP contribution is -2.06. The van der Waals surface area contributed by atoms with Gasteiger partial charge in [0, 0.05) is 0 Å². The van der Waals surface area contributed by atoms with E-state index in [1.165, 1.54) is 7.11 Å². The Balaban J connectivity index is 1.77. The highest BCUT2D eigenvalue weighted by atomic mass is 16.5. The Labute approximate surface area is 192 Å². The number of benzene rings is 1. The summed E-state index contributed by atoms with van der Waals surface area (Å²) in [6.45, 7) is 8.16. The molecule has 1 aromatic carbocycles. The molecule has 0 bridgehead atoms. The quantitative estimate of drug-likeness (QED) is 0.262. The smallest absolute Gasteiger partial charge is 0.338 e. The third-order valence-electron chi connectivity index (χ3n) is 5.32. The number of methoxy groups -OCH3 is 1. The number of rotatable bonds is 7. The second-order valence-corrected chi connectivity index (χ2v) is 7.52. The van der Waals surface area contributed by atoms with Crippen LogP contribution in [0, 0.1) is 6.92 Å². The summed E-state index contributed by atoms with van der Waals surface area (Å²) in [5.41, 5.74) is 5.54. The van der Waals surface area contributed by atoms with Crippen molar-refractivity contribution in [3.63, 3.8) is 0 Å². The first-order chi connectivity index (χ1) is 16.0. The molecule has 0 aliphatic carbocycles. The third kappa shape index (κ3) is 4.41. The van der Waals surface area contributed by atoms with Crippen molar-refractivity contribution in [3.05, 3.63) is 102 Å². The van der Waals surface area contributed by atoms with E-state index in [4.69, 9.17) is 14.1 Å². The predicted molar refractivity (Wildman–Crippen MR) is 130 cm³/mol. The van der Waals surface area contributed by atoms with E-state index in [1.54, 1.807) is 30.5 Å². The molecule has 0 saturated heterocycles. The van der Waals surface area contributed by atoms with Crippen LogP contribution >= 0.6 is 0 Å². The van der Waals surface area contributed by atoms with Crippen LogP contribution in [-0.2, 0) is 11.3 Å². The van der Waals surface area contributed by atoms with Gasteiger partial charge in [-0.1, -0.05) is 55.1 Å². The van der Waals surface area contributed by atoms with Crippen molar-refractivity contribution in [1.29, 1.82) is 0 Å². The lowest BCUT2D eigenvalue weighted by Gasteiger charge is -2.08. The van der Waals surface area contributed by atoms with Crippen LogP contribution in [0.25, 0.3) is 28.1 Å². The largest absolute Gasteiger partial charge is 0.465 e. The number of furan rings is 1. The summed E-state index contributed by atoms with van der Waals surface area (Å²) in [6, 6.07) is 13.6. The number of nitrogens with zero attached hydrogens (tertiary/aromatic N) is 3. The Kier molecular flexibility index (Phi) is 6.36. The van der Waals surface area contributed by atoms with E-state index >= 15 is 0 Å². The first-order valence-corrected chi connectivity index (χ1v) is 10.6. The Hall–Kier alpha value is -4.19. The van der Waals surface area contributed by atoms with E-state index in [1.807, 2.05) is 30.7 Å². The minimum absolute atomic E-state index is 0.415. The highest BCUT2D eigenvalue weighted by Gasteiger charge is 2.21. The molecule has 0 unspecified atom stereocenters. The maximum atomic E-state index is 12.5. The van der Waals surface area contributed by atoms with Crippen LogP contribution in [0.3, 0.4) is 0 Å². The molecule has 4 aromatic rings.